The lowest BCUT2D eigenvalue weighted by atomic mass is 9.97. The van der Waals surface area contributed by atoms with Crippen LogP contribution < -0.4 is 5.32 Å². The summed E-state index contributed by atoms with van der Waals surface area (Å²) in [5.41, 5.74) is -0.112. The van der Waals surface area contributed by atoms with Crippen molar-refractivity contribution < 1.29 is 41.0 Å². The third-order valence-corrected chi connectivity index (χ3v) is 7.36. The minimum absolute atomic E-state index is 0.0311. The highest BCUT2D eigenvalue weighted by Gasteiger charge is 2.34. The van der Waals surface area contributed by atoms with E-state index in [4.69, 9.17) is 28.3 Å². The van der Waals surface area contributed by atoms with Gasteiger partial charge in [0.05, 0.1) is 21.2 Å². The van der Waals surface area contributed by atoms with E-state index in [0.29, 0.717) is 16.8 Å². The predicted molar refractivity (Wildman–Crippen MR) is 155 cm³/mol. The second-order valence-electron chi connectivity index (χ2n) is 9.69. The smallest absolute Gasteiger partial charge is 0.417 e. The zero-order valence-electron chi connectivity index (χ0n) is 22.5. The number of hydrogen-bond acceptors (Lipinski definition) is 4. The van der Waals surface area contributed by atoms with Crippen LogP contribution in [-0.2, 0) is 23.7 Å². The summed E-state index contributed by atoms with van der Waals surface area (Å²) in [6, 6.07) is 14.0. The van der Waals surface area contributed by atoms with Gasteiger partial charge in [0, 0.05) is 48.0 Å². The summed E-state index contributed by atoms with van der Waals surface area (Å²) in [5, 5.41) is 11.4. The number of pyridine rings is 1. The number of alkyl halides is 6. The Balaban J connectivity index is 1.58. The molecule has 0 saturated heterocycles. The average Bonchev–Trinajstić information content (AvgIpc) is 2.95. The van der Waals surface area contributed by atoms with Gasteiger partial charge in [0.2, 0.25) is 0 Å². The number of anilines is 1. The van der Waals surface area contributed by atoms with Gasteiger partial charge in [0.15, 0.2) is 5.78 Å². The third kappa shape index (κ3) is 7.89. The molecule has 0 aliphatic carbocycles. The molecule has 44 heavy (non-hydrogen) atoms. The van der Waals surface area contributed by atoms with Crippen LogP contribution in [0.5, 0.6) is 0 Å². The van der Waals surface area contributed by atoms with Crippen molar-refractivity contribution >= 4 is 40.6 Å². The molecule has 4 rings (SSSR count). The molecule has 2 N–H and O–H groups in total. The van der Waals surface area contributed by atoms with E-state index < -0.39 is 40.3 Å². The number of aliphatic carboxylic acids is 1. The fraction of sp³-hybridized carbons (Fsp3) is 0.194. The molecule has 230 valence electrons. The van der Waals surface area contributed by atoms with Crippen molar-refractivity contribution in [3.8, 4) is 22.3 Å². The minimum atomic E-state index is -4.66. The molecular formula is C31H22Cl2F6N2O3. The molecule has 0 aliphatic heterocycles. The third-order valence-electron chi connectivity index (χ3n) is 6.64. The van der Waals surface area contributed by atoms with Gasteiger partial charge in [-0.1, -0.05) is 53.5 Å². The Morgan fingerprint density at radius 3 is 2.18 bits per heavy atom. The summed E-state index contributed by atoms with van der Waals surface area (Å²) in [5.74, 6) is -1.43. The van der Waals surface area contributed by atoms with Gasteiger partial charge < -0.3 is 10.4 Å². The number of aromatic nitrogens is 1. The van der Waals surface area contributed by atoms with Crippen LogP contribution in [0, 0.1) is 0 Å². The molecule has 0 fully saturated rings. The normalized spacial score (nSPS) is 11.8. The number of nitrogens with zero attached hydrogens (tertiary/aromatic N) is 1. The van der Waals surface area contributed by atoms with E-state index in [1.807, 2.05) is 0 Å². The van der Waals surface area contributed by atoms with Crippen LogP contribution in [0.25, 0.3) is 22.3 Å². The van der Waals surface area contributed by atoms with Gasteiger partial charge in [-0.05, 0) is 53.9 Å². The second-order valence-corrected chi connectivity index (χ2v) is 10.5. The standard InChI is InChI=1S/C31H22Cl2F6N2O3/c32-25-14-20(10-11-21(25)22-3-1-4-24(29(22)33)31(37,38)39)40-15-17-7-9-19(30(34,35)36)13-23(17)18-8-12-26(41-16-18)27(42)5-2-6-28(43)44/h1,3-4,7-14,16,40H,2,5-6,15H2,(H,43,44). The first kappa shape index (κ1) is 32.8. The molecule has 3 aromatic carbocycles. The molecule has 0 amide bonds. The van der Waals surface area contributed by atoms with Gasteiger partial charge >= 0.3 is 18.3 Å². The number of hydrogen-bond donors (Lipinski definition) is 2. The van der Waals surface area contributed by atoms with Crippen molar-refractivity contribution in [3.63, 3.8) is 0 Å². The first-order valence-corrected chi connectivity index (χ1v) is 13.7. The van der Waals surface area contributed by atoms with E-state index in [1.54, 1.807) is 6.07 Å². The van der Waals surface area contributed by atoms with Crippen molar-refractivity contribution in [2.45, 2.75) is 38.2 Å². The lowest BCUT2D eigenvalue weighted by Crippen LogP contribution is -2.08. The number of carboxylic acid groups (broad SMARTS) is 1. The number of Topliss-reactive ketones (excluding diaryl/α,β-unsaturated/α-hetero) is 1. The molecule has 1 heterocycles. The molecule has 0 bridgehead atoms. The predicted octanol–water partition coefficient (Wildman–Crippen LogP) is 9.81. The number of carboxylic acids is 1. The second kappa shape index (κ2) is 13.3. The molecule has 5 nitrogen and oxygen atoms in total. The lowest BCUT2D eigenvalue weighted by molar-refractivity contribution is -0.138. The number of halogens is 8. The van der Waals surface area contributed by atoms with Gasteiger partial charge in [0.25, 0.3) is 0 Å². The Morgan fingerprint density at radius 2 is 1.57 bits per heavy atom. The van der Waals surface area contributed by atoms with Crippen LogP contribution in [0.15, 0.2) is 72.9 Å². The molecule has 0 saturated carbocycles. The van der Waals surface area contributed by atoms with Gasteiger partial charge in [-0.3, -0.25) is 14.6 Å². The first-order valence-electron chi connectivity index (χ1n) is 13.0. The SMILES string of the molecule is O=C(O)CCCC(=O)c1ccc(-c2cc(C(F)(F)F)ccc2CNc2ccc(-c3cccc(C(F)(F)F)c3Cl)c(Cl)c2)cn1. The fourth-order valence-electron chi connectivity index (χ4n) is 4.42. The van der Waals surface area contributed by atoms with Crippen molar-refractivity contribution in [3.05, 3.63) is 105 Å². The first-order chi connectivity index (χ1) is 20.6. The largest absolute Gasteiger partial charge is 0.481 e. The van der Waals surface area contributed by atoms with Crippen LogP contribution in [0.2, 0.25) is 10.0 Å². The molecule has 0 aliphatic rings. The van der Waals surface area contributed by atoms with Gasteiger partial charge in [-0.15, -0.1) is 0 Å². The zero-order valence-corrected chi connectivity index (χ0v) is 24.0. The number of nitrogens with one attached hydrogen (secondary N) is 1. The van der Waals surface area contributed by atoms with E-state index in [0.717, 1.165) is 18.2 Å². The van der Waals surface area contributed by atoms with E-state index >= 15 is 0 Å². The van der Waals surface area contributed by atoms with Crippen LogP contribution in [0.1, 0.15) is 46.4 Å². The molecule has 1 aromatic heterocycles. The van der Waals surface area contributed by atoms with Crippen molar-refractivity contribution in [2.24, 2.45) is 0 Å². The highest BCUT2D eigenvalue weighted by atomic mass is 35.5. The summed E-state index contributed by atoms with van der Waals surface area (Å²) < 4.78 is 80.6. The fourth-order valence-corrected chi connectivity index (χ4v) is 5.04. The number of carbonyl (C=O) groups is 2. The molecule has 0 spiro atoms. The van der Waals surface area contributed by atoms with Crippen molar-refractivity contribution in [2.75, 3.05) is 5.32 Å². The topological polar surface area (TPSA) is 79.3 Å². The van der Waals surface area contributed by atoms with Crippen molar-refractivity contribution in [1.82, 2.24) is 4.98 Å². The van der Waals surface area contributed by atoms with E-state index in [2.05, 4.69) is 10.3 Å². The summed E-state index contributed by atoms with van der Waals surface area (Å²) in [6.07, 6.45) is -8.11. The minimum Gasteiger partial charge on any atom is -0.481 e. The molecule has 13 heteroatoms. The molecular weight excluding hydrogens is 633 g/mol. The number of ketones is 1. The van der Waals surface area contributed by atoms with E-state index in [1.165, 1.54) is 48.7 Å². The summed E-state index contributed by atoms with van der Waals surface area (Å²) in [6.45, 7) is 0.0311. The number of carbonyl (C=O) groups excluding carboxylic acids is 1. The maximum atomic E-state index is 13.5. The van der Waals surface area contributed by atoms with E-state index in [-0.39, 0.29) is 53.2 Å². The number of rotatable bonds is 10. The quantitative estimate of drug-likeness (QED) is 0.131. The Labute approximate surface area is 257 Å². The Kier molecular flexibility index (Phi) is 9.90. The summed E-state index contributed by atoms with van der Waals surface area (Å²) in [4.78, 5) is 27.1. The highest BCUT2D eigenvalue weighted by Crippen LogP contribution is 2.42. The van der Waals surface area contributed by atoms with E-state index in [9.17, 15) is 35.9 Å². The lowest BCUT2D eigenvalue weighted by Gasteiger charge is -2.16. The average molecular weight is 655 g/mol. The van der Waals surface area contributed by atoms with Crippen molar-refractivity contribution in [1.29, 1.82) is 0 Å². The Bertz CT molecular complexity index is 1690. The molecule has 0 radical (unpaired) electrons. The highest BCUT2D eigenvalue weighted by molar-refractivity contribution is 6.37. The summed E-state index contributed by atoms with van der Waals surface area (Å²) >= 11 is 12.4. The molecule has 0 unspecified atom stereocenters. The summed E-state index contributed by atoms with van der Waals surface area (Å²) in [7, 11) is 0. The zero-order chi connectivity index (χ0) is 32.2. The Morgan fingerprint density at radius 1 is 0.818 bits per heavy atom. The van der Waals surface area contributed by atoms with Crippen LogP contribution in [-0.4, -0.2) is 21.8 Å². The van der Waals surface area contributed by atoms with Gasteiger partial charge in [0.1, 0.15) is 5.69 Å². The monoisotopic (exact) mass is 654 g/mol. The van der Waals surface area contributed by atoms with Gasteiger partial charge in [-0.2, -0.15) is 26.3 Å². The number of benzene rings is 3. The molecule has 4 aromatic rings. The maximum absolute atomic E-state index is 13.5. The maximum Gasteiger partial charge on any atom is 0.417 e. The van der Waals surface area contributed by atoms with Crippen LogP contribution in [0.3, 0.4) is 0 Å². The molecule has 0 atom stereocenters. The van der Waals surface area contributed by atoms with Crippen LogP contribution in [0.4, 0.5) is 32.0 Å². The Hall–Kier alpha value is -4.09. The van der Waals surface area contributed by atoms with Gasteiger partial charge in [-0.25, -0.2) is 0 Å². The van der Waals surface area contributed by atoms with Crippen LogP contribution >= 0.6 is 23.2 Å².